The van der Waals surface area contributed by atoms with E-state index in [0.29, 0.717) is 11.4 Å². The fourth-order valence-corrected chi connectivity index (χ4v) is 2.72. The average molecular weight is 465 g/mol. The van der Waals surface area contributed by atoms with Crippen molar-refractivity contribution in [1.82, 2.24) is 15.0 Å². The summed E-state index contributed by atoms with van der Waals surface area (Å²) in [6.45, 7) is 0. The van der Waals surface area contributed by atoms with Crippen LogP contribution < -0.4 is 10.6 Å². The highest BCUT2D eigenvalue weighted by atomic mass is 79.9. The molecule has 0 atom stereocenters. The molecule has 7 nitrogen and oxygen atoms in total. The number of carboxylic acids is 1. The number of aromatic carboxylic acids is 1. The van der Waals surface area contributed by atoms with E-state index in [4.69, 9.17) is 0 Å². The highest BCUT2D eigenvalue weighted by Crippen LogP contribution is 2.26. The predicted molar refractivity (Wildman–Crippen MR) is 102 cm³/mol. The average Bonchev–Trinajstić information content (AvgIpc) is 2.59. The largest absolute Gasteiger partial charge is 0.475 e. The Hall–Kier alpha value is -2.52. The first-order chi connectivity index (χ1) is 12.0. The molecule has 126 valence electrons. The normalized spacial score (nSPS) is 10.3. The Morgan fingerprint density at radius 1 is 0.800 bits per heavy atom. The summed E-state index contributed by atoms with van der Waals surface area (Å²) < 4.78 is 1.60. The summed E-state index contributed by atoms with van der Waals surface area (Å²) >= 11 is 6.82. The molecular weight excluding hydrogens is 454 g/mol. The van der Waals surface area contributed by atoms with E-state index in [-0.39, 0.29) is 17.7 Å². The van der Waals surface area contributed by atoms with Crippen LogP contribution in [0.4, 0.5) is 23.3 Å². The van der Waals surface area contributed by atoms with E-state index in [1.54, 1.807) is 0 Å². The lowest BCUT2D eigenvalue weighted by atomic mass is 10.3. The summed E-state index contributed by atoms with van der Waals surface area (Å²) in [5, 5.41) is 15.2. The van der Waals surface area contributed by atoms with Crippen molar-refractivity contribution in [2.24, 2.45) is 0 Å². The molecule has 0 spiro atoms. The van der Waals surface area contributed by atoms with Gasteiger partial charge in [-0.1, -0.05) is 24.3 Å². The second-order valence-corrected chi connectivity index (χ2v) is 6.53. The van der Waals surface area contributed by atoms with Gasteiger partial charge in [0.15, 0.2) is 0 Å². The summed E-state index contributed by atoms with van der Waals surface area (Å²) in [5.74, 6) is -1.37. The predicted octanol–water partition coefficient (Wildman–Crippen LogP) is 4.58. The number of carbonyl (C=O) groups is 1. The molecule has 9 heteroatoms. The zero-order chi connectivity index (χ0) is 17.8. The number of hydrogen-bond donors (Lipinski definition) is 3. The van der Waals surface area contributed by atoms with E-state index in [1.165, 1.54) is 0 Å². The van der Waals surface area contributed by atoms with E-state index >= 15 is 0 Å². The molecule has 3 N–H and O–H groups in total. The van der Waals surface area contributed by atoms with Crippen LogP contribution in [0.25, 0.3) is 0 Å². The fraction of sp³-hybridized carbons (Fsp3) is 0. The highest BCUT2D eigenvalue weighted by Gasteiger charge is 2.14. The van der Waals surface area contributed by atoms with Gasteiger partial charge in [-0.2, -0.15) is 15.0 Å². The van der Waals surface area contributed by atoms with Gasteiger partial charge >= 0.3 is 5.97 Å². The number of aromatic nitrogens is 3. The van der Waals surface area contributed by atoms with Crippen LogP contribution in [0.3, 0.4) is 0 Å². The van der Waals surface area contributed by atoms with Gasteiger partial charge in [0.25, 0.3) is 0 Å². The van der Waals surface area contributed by atoms with Crippen molar-refractivity contribution < 1.29 is 9.90 Å². The van der Waals surface area contributed by atoms with Gasteiger partial charge in [0.05, 0.1) is 11.4 Å². The first-order valence-corrected chi connectivity index (χ1v) is 8.64. The van der Waals surface area contributed by atoms with Crippen LogP contribution in [-0.4, -0.2) is 26.0 Å². The lowest BCUT2D eigenvalue weighted by molar-refractivity contribution is 0.0683. The van der Waals surface area contributed by atoms with Gasteiger partial charge in [0, 0.05) is 8.95 Å². The molecule has 3 rings (SSSR count). The zero-order valence-electron chi connectivity index (χ0n) is 12.6. The molecule has 0 bridgehead atoms. The van der Waals surface area contributed by atoms with Gasteiger partial charge in [-0.3, -0.25) is 0 Å². The van der Waals surface area contributed by atoms with Crippen molar-refractivity contribution >= 4 is 61.1 Å². The maximum atomic E-state index is 11.3. The molecule has 0 aliphatic rings. The first kappa shape index (κ1) is 17.3. The summed E-state index contributed by atoms with van der Waals surface area (Å²) in [6, 6.07) is 14.7. The number of carboxylic acid groups (broad SMARTS) is 1. The molecule has 1 heterocycles. The number of nitrogens with zero attached hydrogens (tertiary/aromatic N) is 3. The molecule has 3 aromatic rings. The van der Waals surface area contributed by atoms with Crippen LogP contribution in [0.15, 0.2) is 57.5 Å². The van der Waals surface area contributed by atoms with Gasteiger partial charge in [0.1, 0.15) is 0 Å². The molecule has 0 radical (unpaired) electrons. The van der Waals surface area contributed by atoms with Crippen LogP contribution in [-0.2, 0) is 0 Å². The van der Waals surface area contributed by atoms with E-state index in [2.05, 4.69) is 57.4 Å². The molecule has 0 unspecified atom stereocenters. The molecule has 0 aliphatic carbocycles. The fourth-order valence-electron chi connectivity index (χ4n) is 1.95. The Morgan fingerprint density at radius 3 is 1.64 bits per heavy atom. The van der Waals surface area contributed by atoms with Crippen molar-refractivity contribution in [3.8, 4) is 0 Å². The van der Waals surface area contributed by atoms with Gasteiger partial charge in [-0.15, -0.1) is 0 Å². The standard InChI is InChI=1S/C16H11Br2N5O2/c17-9-5-1-3-7-11(9)19-15-21-13(14(24)25)22-16(23-15)20-12-8-4-2-6-10(12)18/h1-8H,(H,24,25)(H2,19,20,21,22,23). The molecule has 25 heavy (non-hydrogen) atoms. The van der Waals surface area contributed by atoms with Crippen LogP contribution in [0, 0.1) is 0 Å². The maximum absolute atomic E-state index is 11.3. The van der Waals surface area contributed by atoms with Crippen LogP contribution in [0.2, 0.25) is 0 Å². The summed E-state index contributed by atoms with van der Waals surface area (Å²) in [5.41, 5.74) is 1.41. The number of para-hydroxylation sites is 2. The number of benzene rings is 2. The number of hydrogen-bond acceptors (Lipinski definition) is 6. The van der Waals surface area contributed by atoms with E-state index in [1.807, 2.05) is 48.5 Å². The quantitative estimate of drug-likeness (QED) is 0.507. The summed E-state index contributed by atoms with van der Waals surface area (Å²) in [6.07, 6.45) is 0. The Balaban J connectivity index is 1.96. The Kier molecular flexibility index (Phi) is 5.25. The lowest BCUT2D eigenvalue weighted by Gasteiger charge is -2.10. The van der Waals surface area contributed by atoms with Gasteiger partial charge in [-0.25, -0.2) is 4.79 Å². The minimum Gasteiger partial charge on any atom is -0.475 e. The second-order valence-electron chi connectivity index (χ2n) is 4.82. The molecular formula is C16H11Br2N5O2. The molecule has 0 aliphatic heterocycles. The van der Waals surface area contributed by atoms with E-state index in [9.17, 15) is 9.90 Å². The highest BCUT2D eigenvalue weighted by molar-refractivity contribution is 9.11. The summed E-state index contributed by atoms with van der Waals surface area (Å²) in [4.78, 5) is 23.4. The molecule has 1 aromatic heterocycles. The summed E-state index contributed by atoms with van der Waals surface area (Å²) in [7, 11) is 0. The molecule has 2 aromatic carbocycles. The van der Waals surface area contributed by atoms with Gasteiger partial charge < -0.3 is 15.7 Å². The second kappa shape index (κ2) is 7.58. The van der Waals surface area contributed by atoms with Gasteiger partial charge in [-0.05, 0) is 56.1 Å². The minimum absolute atomic E-state index is 0.119. The Labute approximate surface area is 159 Å². The van der Waals surface area contributed by atoms with Crippen molar-refractivity contribution in [1.29, 1.82) is 0 Å². The molecule has 0 amide bonds. The zero-order valence-corrected chi connectivity index (χ0v) is 15.7. The van der Waals surface area contributed by atoms with Gasteiger partial charge in [0.2, 0.25) is 17.7 Å². The third-order valence-electron chi connectivity index (χ3n) is 3.07. The van der Waals surface area contributed by atoms with Crippen molar-refractivity contribution in [2.45, 2.75) is 0 Å². The monoisotopic (exact) mass is 463 g/mol. The molecule has 0 saturated carbocycles. The number of nitrogens with one attached hydrogen (secondary N) is 2. The number of halogens is 2. The van der Waals surface area contributed by atoms with E-state index < -0.39 is 5.97 Å². The van der Waals surface area contributed by atoms with Crippen molar-refractivity contribution in [2.75, 3.05) is 10.6 Å². The minimum atomic E-state index is -1.24. The Morgan fingerprint density at radius 2 is 1.24 bits per heavy atom. The third-order valence-corrected chi connectivity index (χ3v) is 4.45. The molecule has 0 saturated heterocycles. The molecule has 0 fully saturated rings. The van der Waals surface area contributed by atoms with E-state index in [0.717, 1.165) is 8.95 Å². The lowest BCUT2D eigenvalue weighted by Crippen LogP contribution is -2.11. The first-order valence-electron chi connectivity index (χ1n) is 7.05. The smallest absolute Gasteiger partial charge is 0.374 e. The van der Waals surface area contributed by atoms with Crippen molar-refractivity contribution in [3.05, 3.63) is 63.3 Å². The van der Waals surface area contributed by atoms with Crippen LogP contribution in [0.1, 0.15) is 10.6 Å². The SMILES string of the molecule is O=C(O)c1nc(Nc2ccccc2Br)nc(Nc2ccccc2Br)n1. The number of anilines is 4. The Bertz CT molecular complexity index is 870. The van der Waals surface area contributed by atoms with Crippen LogP contribution in [0.5, 0.6) is 0 Å². The topological polar surface area (TPSA) is 100 Å². The maximum Gasteiger partial charge on any atom is 0.374 e. The third kappa shape index (κ3) is 4.31. The van der Waals surface area contributed by atoms with Crippen molar-refractivity contribution in [3.63, 3.8) is 0 Å². The number of rotatable bonds is 5. The van der Waals surface area contributed by atoms with Crippen LogP contribution >= 0.6 is 31.9 Å².